The summed E-state index contributed by atoms with van der Waals surface area (Å²) < 4.78 is 25.5. The number of aromatic hydroxyl groups is 1. The second-order valence-corrected chi connectivity index (χ2v) is 2.75. The van der Waals surface area contributed by atoms with E-state index < -0.39 is 17.2 Å². The zero-order valence-electron chi connectivity index (χ0n) is 6.92. The summed E-state index contributed by atoms with van der Waals surface area (Å²) in [6.07, 6.45) is 0.338. The molecule has 1 rings (SSSR count). The largest absolute Gasteiger partial charge is 0.507 e. The standard InChI is InChI=1S/C9H8F2O2/c1-9(10,11)7-4-2-3-6(5-12)8(7)13/h2-5,13H,1H3. The van der Waals surface area contributed by atoms with Crippen LogP contribution in [0.5, 0.6) is 5.75 Å². The van der Waals surface area contributed by atoms with Crippen molar-refractivity contribution in [2.45, 2.75) is 12.8 Å². The molecule has 0 aliphatic carbocycles. The second kappa shape index (κ2) is 3.12. The van der Waals surface area contributed by atoms with Crippen molar-refractivity contribution in [2.24, 2.45) is 0 Å². The highest BCUT2D eigenvalue weighted by atomic mass is 19.3. The number of rotatable bonds is 2. The number of carbonyl (C=O) groups is 1. The van der Waals surface area contributed by atoms with Crippen LogP contribution < -0.4 is 0 Å². The summed E-state index contributed by atoms with van der Waals surface area (Å²) >= 11 is 0. The Morgan fingerprint density at radius 2 is 2.08 bits per heavy atom. The minimum atomic E-state index is -3.14. The van der Waals surface area contributed by atoms with Crippen molar-refractivity contribution in [3.63, 3.8) is 0 Å². The van der Waals surface area contributed by atoms with Crippen LogP contribution in [0.15, 0.2) is 18.2 Å². The molecule has 0 aliphatic heterocycles. The van der Waals surface area contributed by atoms with Gasteiger partial charge in [-0.25, -0.2) is 8.78 Å². The molecule has 0 spiro atoms. The molecule has 0 atom stereocenters. The van der Waals surface area contributed by atoms with Gasteiger partial charge in [-0.2, -0.15) is 0 Å². The number of para-hydroxylation sites is 1. The van der Waals surface area contributed by atoms with E-state index in [1.165, 1.54) is 12.1 Å². The molecule has 1 aromatic carbocycles. The maximum Gasteiger partial charge on any atom is 0.274 e. The molecule has 0 saturated carbocycles. The Labute approximate surface area is 73.8 Å². The van der Waals surface area contributed by atoms with Crippen LogP contribution in [0, 0.1) is 0 Å². The highest BCUT2D eigenvalue weighted by molar-refractivity contribution is 5.80. The molecule has 1 N–H and O–H groups in total. The zero-order valence-corrected chi connectivity index (χ0v) is 6.92. The van der Waals surface area contributed by atoms with Crippen LogP contribution in [0.1, 0.15) is 22.8 Å². The Morgan fingerprint density at radius 1 is 1.46 bits per heavy atom. The lowest BCUT2D eigenvalue weighted by Crippen LogP contribution is -2.07. The third kappa shape index (κ3) is 1.83. The molecule has 0 fully saturated rings. The number of carbonyl (C=O) groups excluding carboxylic acids is 1. The lowest BCUT2D eigenvalue weighted by atomic mass is 10.1. The van der Waals surface area contributed by atoms with Crippen LogP contribution in [0.4, 0.5) is 8.78 Å². The van der Waals surface area contributed by atoms with Crippen LogP contribution >= 0.6 is 0 Å². The maximum atomic E-state index is 12.8. The van der Waals surface area contributed by atoms with Gasteiger partial charge in [0.15, 0.2) is 6.29 Å². The number of halogens is 2. The predicted octanol–water partition coefficient (Wildman–Crippen LogP) is 2.32. The highest BCUT2D eigenvalue weighted by Gasteiger charge is 2.28. The van der Waals surface area contributed by atoms with Gasteiger partial charge in [0.2, 0.25) is 0 Å². The van der Waals surface area contributed by atoms with Crippen LogP contribution in [-0.4, -0.2) is 11.4 Å². The first-order valence-electron chi connectivity index (χ1n) is 3.62. The molecule has 0 aliphatic rings. The zero-order chi connectivity index (χ0) is 10.1. The summed E-state index contributed by atoms with van der Waals surface area (Å²) in [4.78, 5) is 10.3. The Kier molecular flexibility index (Phi) is 2.32. The van der Waals surface area contributed by atoms with Crippen molar-refractivity contribution >= 4 is 6.29 Å². The molecule has 2 nitrogen and oxygen atoms in total. The number of hydrogen-bond donors (Lipinski definition) is 1. The molecular formula is C9H8F2O2. The first-order chi connectivity index (χ1) is 5.96. The van der Waals surface area contributed by atoms with Crippen LogP contribution in [0.2, 0.25) is 0 Å². The van der Waals surface area contributed by atoms with Crippen molar-refractivity contribution < 1.29 is 18.7 Å². The van der Waals surface area contributed by atoms with E-state index >= 15 is 0 Å². The molecule has 1 aromatic rings. The molecule has 0 radical (unpaired) electrons. The number of aldehydes is 1. The predicted molar refractivity (Wildman–Crippen MR) is 43.1 cm³/mol. The Bertz CT molecular complexity index is 329. The SMILES string of the molecule is CC(F)(F)c1cccc(C=O)c1O. The molecular weight excluding hydrogens is 178 g/mol. The molecule has 0 heterocycles. The Morgan fingerprint density at radius 3 is 2.54 bits per heavy atom. The maximum absolute atomic E-state index is 12.8. The molecule has 0 amide bonds. The molecule has 13 heavy (non-hydrogen) atoms. The van der Waals surface area contributed by atoms with Crippen LogP contribution in [-0.2, 0) is 5.92 Å². The van der Waals surface area contributed by atoms with E-state index in [9.17, 15) is 18.7 Å². The molecule has 0 saturated heterocycles. The van der Waals surface area contributed by atoms with Crippen LogP contribution in [0.3, 0.4) is 0 Å². The average Bonchev–Trinajstić information content (AvgIpc) is 2.02. The van der Waals surface area contributed by atoms with E-state index in [0.717, 1.165) is 6.07 Å². The third-order valence-electron chi connectivity index (χ3n) is 1.67. The number of benzene rings is 1. The summed E-state index contributed by atoms with van der Waals surface area (Å²) in [6.45, 7) is 0.663. The van der Waals surface area contributed by atoms with Crippen molar-refractivity contribution in [1.29, 1.82) is 0 Å². The first kappa shape index (κ1) is 9.64. The first-order valence-corrected chi connectivity index (χ1v) is 3.62. The van der Waals surface area contributed by atoms with Gasteiger partial charge in [0.25, 0.3) is 5.92 Å². The van der Waals surface area contributed by atoms with Crippen molar-refractivity contribution in [1.82, 2.24) is 0 Å². The number of phenolic OH excluding ortho intramolecular Hbond substituents is 1. The third-order valence-corrected chi connectivity index (χ3v) is 1.67. The molecule has 0 unspecified atom stereocenters. The van der Waals surface area contributed by atoms with Crippen molar-refractivity contribution in [2.75, 3.05) is 0 Å². The Hall–Kier alpha value is -1.45. The van der Waals surface area contributed by atoms with Gasteiger partial charge in [0.1, 0.15) is 5.75 Å². The van der Waals surface area contributed by atoms with Gasteiger partial charge in [-0.15, -0.1) is 0 Å². The van der Waals surface area contributed by atoms with Gasteiger partial charge in [-0.3, -0.25) is 4.79 Å². The van der Waals surface area contributed by atoms with Gasteiger partial charge in [-0.1, -0.05) is 6.07 Å². The van der Waals surface area contributed by atoms with Gasteiger partial charge in [0.05, 0.1) is 11.1 Å². The van der Waals surface area contributed by atoms with E-state index in [1.807, 2.05) is 0 Å². The monoisotopic (exact) mass is 186 g/mol. The summed E-state index contributed by atoms with van der Waals surface area (Å²) in [5.74, 6) is -3.78. The van der Waals surface area contributed by atoms with Crippen LogP contribution in [0.25, 0.3) is 0 Å². The van der Waals surface area contributed by atoms with Crippen molar-refractivity contribution in [3.8, 4) is 5.75 Å². The minimum absolute atomic E-state index is 0.126. The van der Waals surface area contributed by atoms with Crippen molar-refractivity contribution in [3.05, 3.63) is 29.3 Å². The number of hydrogen-bond acceptors (Lipinski definition) is 2. The molecule has 70 valence electrons. The quantitative estimate of drug-likeness (QED) is 0.719. The lowest BCUT2D eigenvalue weighted by molar-refractivity contribution is 0.0151. The summed E-state index contributed by atoms with van der Waals surface area (Å²) in [7, 11) is 0. The van der Waals surface area contributed by atoms with Gasteiger partial charge in [-0.05, 0) is 12.1 Å². The van der Waals surface area contributed by atoms with E-state index in [2.05, 4.69) is 0 Å². The molecule has 4 heteroatoms. The molecule has 0 bridgehead atoms. The fourth-order valence-corrected chi connectivity index (χ4v) is 1.01. The minimum Gasteiger partial charge on any atom is -0.507 e. The normalized spacial score (nSPS) is 11.3. The smallest absolute Gasteiger partial charge is 0.274 e. The van der Waals surface area contributed by atoms with E-state index in [0.29, 0.717) is 13.2 Å². The second-order valence-electron chi connectivity index (χ2n) is 2.75. The topological polar surface area (TPSA) is 37.3 Å². The summed E-state index contributed by atoms with van der Waals surface area (Å²) in [5.41, 5.74) is -0.656. The van der Waals surface area contributed by atoms with Gasteiger partial charge in [0, 0.05) is 6.92 Å². The van der Waals surface area contributed by atoms with E-state index in [4.69, 9.17) is 0 Å². The lowest BCUT2D eigenvalue weighted by Gasteiger charge is -2.12. The average molecular weight is 186 g/mol. The van der Waals surface area contributed by atoms with E-state index in [-0.39, 0.29) is 5.56 Å². The Balaban J connectivity index is 3.32. The molecule has 0 aromatic heterocycles. The number of alkyl halides is 2. The fourth-order valence-electron chi connectivity index (χ4n) is 1.01. The van der Waals surface area contributed by atoms with Gasteiger partial charge < -0.3 is 5.11 Å². The summed E-state index contributed by atoms with van der Waals surface area (Å²) in [5, 5.41) is 9.21. The fraction of sp³-hybridized carbons (Fsp3) is 0.222. The van der Waals surface area contributed by atoms with E-state index in [1.54, 1.807) is 0 Å². The number of phenols is 1. The van der Waals surface area contributed by atoms with Gasteiger partial charge >= 0.3 is 0 Å². The highest BCUT2D eigenvalue weighted by Crippen LogP contribution is 2.35. The summed E-state index contributed by atoms with van der Waals surface area (Å²) in [6, 6.07) is 3.66.